The van der Waals surface area contributed by atoms with Crippen molar-refractivity contribution < 1.29 is 23.3 Å². The number of carbonyl (C=O) groups is 2. The van der Waals surface area contributed by atoms with E-state index in [2.05, 4.69) is 5.32 Å². The standard InChI is InChI=1S/C12H17NO5S/c1-3-8(4-2)13-10(14)7-19(17)11-6-5-9(18-11)12(15)16/h5-6,8H,3-4,7H2,1-2H3,(H,13,14)(H,15,16). The molecule has 1 amide bonds. The van der Waals surface area contributed by atoms with Crippen LogP contribution in [0.4, 0.5) is 0 Å². The molecule has 2 N–H and O–H groups in total. The van der Waals surface area contributed by atoms with E-state index in [4.69, 9.17) is 9.52 Å². The molecule has 0 saturated carbocycles. The Balaban J connectivity index is 2.58. The Morgan fingerprint density at radius 2 is 2.00 bits per heavy atom. The molecule has 0 aromatic carbocycles. The van der Waals surface area contributed by atoms with Crippen LogP contribution in [0, 0.1) is 0 Å². The molecular weight excluding hydrogens is 270 g/mol. The van der Waals surface area contributed by atoms with Crippen LogP contribution in [-0.2, 0) is 15.6 Å². The minimum atomic E-state index is -1.67. The number of aromatic carboxylic acids is 1. The Labute approximate surface area is 113 Å². The van der Waals surface area contributed by atoms with Crippen molar-refractivity contribution in [3.05, 3.63) is 17.9 Å². The van der Waals surface area contributed by atoms with Crippen molar-refractivity contribution in [2.24, 2.45) is 0 Å². The molecule has 1 aromatic rings. The lowest BCUT2D eigenvalue weighted by atomic mass is 10.2. The van der Waals surface area contributed by atoms with Gasteiger partial charge in [-0.2, -0.15) is 0 Å². The highest BCUT2D eigenvalue weighted by Gasteiger charge is 2.17. The van der Waals surface area contributed by atoms with E-state index >= 15 is 0 Å². The van der Waals surface area contributed by atoms with Gasteiger partial charge < -0.3 is 14.8 Å². The highest BCUT2D eigenvalue weighted by atomic mass is 32.2. The Kier molecular flexibility index (Phi) is 5.75. The first kappa shape index (κ1) is 15.4. The maximum Gasteiger partial charge on any atom is 0.371 e. The summed E-state index contributed by atoms with van der Waals surface area (Å²) in [6, 6.07) is 2.59. The molecule has 1 aromatic heterocycles. The third-order valence-electron chi connectivity index (χ3n) is 2.63. The fraction of sp³-hybridized carbons (Fsp3) is 0.500. The number of hydrogen-bond acceptors (Lipinski definition) is 4. The molecule has 0 aliphatic rings. The van der Waals surface area contributed by atoms with Crippen LogP contribution in [0.1, 0.15) is 37.2 Å². The summed E-state index contributed by atoms with van der Waals surface area (Å²) in [4.78, 5) is 22.2. The molecule has 0 fully saturated rings. The van der Waals surface area contributed by atoms with Gasteiger partial charge in [0.2, 0.25) is 11.7 Å². The Morgan fingerprint density at radius 1 is 1.37 bits per heavy atom. The molecule has 6 nitrogen and oxygen atoms in total. The molecule has 1 rings (SSSR count). The molecule has 0 aliphatic heterocycles. The summed E-state index contributed by atoms with van der Waals surface area (Å²) in [7, 11) is -1.67. The molecular formula is C12H17NO5S. The molecule has 0 aliphatic carbocycles. The monoisotopic (exact) mass is 287 g/mol. The van der Waals surface area contributed by atoms with Gasteiger partial charge in [-0.3, -0.25) is 9.00 Å². The smallest absolute Gasteiger partial charge is 0.371 e. The van der Waals surface area contributed by atoms with Crippen molar-refractivity contribution in [3.63, 3.8) is 0 Å². The van der Waals surface area contributed by atoms with Gasteiger partial charge in [-0.05, 0) is 25.0 Å². The fourth-order valence-electron chi connectivity index (χ4n) is 1.51. The number of hydrogen-bond donors (Lipinski definition) is 2. The number of carboxylic acids is 1. The minimum Gasteiger partial charge on any atom is -0.475 e. The number of amides is 1. The molecule has 7 heteroatoms. The molecule has 1 unspecified atom stereocenters. The van der Waals surface area contributed by atoms with Crippen LogP contribution >= 0.6 is 0 Å². The van der Waals surface area contributed by atoms with Crippen molar-refractivity contribution in [1.29, 1.82) is 0 Å². The molecule has 1 heterocycles. The van der Waals surface area contributed by atoms with Crippen LogP contribution in [0.25, 0.3) is 0 Å². The number of rotatable bonds is 7. The largest absolute Gasteiger partial charge is 0.475 e. The zero-order chi connectivity index (χ0) is 14.4. The van der Waals surface area contributed by atoms with Crippen LogP contribution in [0.5, 0.6) is 0 Å². The average molecular weight is 287 g/mol. The van der Waals surface area contributed by atoms with Crippen LogP contribution in [0.15, 0.2) is 21.6 Å². The number of furan rings is 1. The van der Waals surface area contributed by atoms with Gasteiger partial charge >= 0.3 is 5.97 Å². The third kappa shape index (κ3) is 4.51. The minimum absolute atomic E-state index is 0.00269. The molecule has 106 valence electrons. The summed E-state index contributed by atoms with van der Waals surface area (Å²) in [6.07, 6.45) is 1.61. The summed E-state index contributed by atoms with van der Waals surface area (Å²) in [5.41, 5.74) is 0. The van der Waals surface area contributed by atoms with E-state index < -0.39 is 16.8 Å². The number of carbonyl (C=O) groups excluding carboxylic acids is 1. The molecule has 19 heavy (non-hydrogen) atoms. The Morgan fingerprint density at radius 3 is 2.47 bits per heavy atom. The number of nitrogens with one attached hydrogen (secondary N) is 1. The fourth-order valence-corrected chi connectivity index (χ4v) is 2.38. The molecule has 1 atom stereocenters. The van der Waals surface area contributed by atoms with Gasteiger partial charge in [-0.25, -0.2) is 4.79 Å². The van der Waals surface area contributed by atoms with Crippen molar-refractivity contribution in [3.8, 4) is 0 Å². The SMILES string of the molecule is CCC(CC)NC(=O)CS(=O)c1ccc(C(=O)O)o1. The maximum absolute atomic E-state index is 11.8. The van der Waals surface area contributed by atoms with Crippen LogP contribution in [-0.4, -0.2) is 33.0 Å². The van der Waals surface area contributed by atoms with Gasteiger partial charge in [0.15, 0.2) is 5.09 Å². The predicted octanol–water partition coefficient (Wildman–Crippen LogP) is 1.39. The second-order valence-corrected chi connectivity index (χ2v) is 5.38. The van der Waals surface area contributed by atoms with E-state index in [-0.39, 0.29) is 28.6 Å². The lowest BCUT2D eigenvalue weighted by molar-refractivity contribution is -0.119. The Bertz CT molecular complexity index is 478. The van der Waals surface area contributed by atoms with E-state index in [0.717, 1.165) is 12.8 Å². The van der Waals surface area contributed by atoms with E-state index in [0.29, 0.717) is 0 Å². The van der Waals surface area contributed by atoms with Gasteiger partial charge in [0.25, 0.3) is 0 Å². The zero-order valence-corrected chi connectivity index (χ0v) is 11.7. The first-order valence-corrected chi connectivity index (χ1v) is 7.30. The second kappa shape index (κ2) is 7.08. The zero-order valence-electron chi connectivity index (χ0n) is 10.8. The lowest BCUT2D eigenvalue weighted by Gasteiger charge is -2.13. The van der Waals surface area contributed by atoms with Crippen LogP contribution in [0.2, 0.25) is 0 Å². The average Bonchev–Trinajstić information content (AvgIpc) is 2.85. The predicted molar refractivity (Wildman–Crippen MR) is 69.5 cm³/mol. The van der Waals surface area contributed by atoms with E-state index in [9.17, 15) is 13.8 Å². The van der Waals surface area contributed by atoms with Crippen LogP contribution in [0.3, 0.4) is 0 Å². The third-order valence-corrected chi connectivity index (χ3v) is 3.82. The molecule has 0 saturated heterocycles. The first-order valence-electron chi connectivity index (χ1n) is 5.98. The topological polar surface area (TPSA) is 96.6 Å². The van der Waals surface area contributed by atoms with E-state index in [1.807, 2.05) is 13.8 Å². The van der Waals surface area contributed by atoms with Crippen LogP contribution < -0.4 is 5.32 Å². The Hall–Kier alpha value is -1.63. The maximum atomic E-state index is 11.8. The summed E-state index contributed by atoms with van der Waals surface area (Å²) in [6.45, 7) is 3.91. The summed E-state index contributed by atoms with van der Waals surface area (Å²) in [5, 5.41) is 11.4. The van der Waals surface area contributed by atoms with Gasteiger partial charge in [0.1, 0.15) is 5.75 Å². The second-order valence-electron chi connectivity index (χ2n) is 3.99. The first-order chi connectivity index (χ1) is 8.97. The molecule has 0 spiro atoms. The lowest BCUT2D eigenvalue weighted by Crippen LogP contribution is -2.36. The summed E-state index contributed by atoms with van der Waals surface area (Å²) >= 11 is 0. The van der Waals surface area contributed by atoms with Gasteiger partial charge in [0, 0.05) is 6.04 Å². The van der Waals surface area contributed by atoms with E-state index in [1.165, 1.54) is 12.1 Å². The molecule has 0 radical (unpaired) electrons. The normalized spacial score (nSPS) is 12.4. The number of carboxylic acid groups (broad SMARTS) is 1. The highest BCUT2D eigenvalue weighted by molar-refractivity contribution is 7.85. The van der Waals surface area contributed by atoms with Crippen molar-refractivity contribution in [1.82, 2.24) is 5.32 Å². The van der Waals surface area contributed by atoms with E-state index in [1.54, 1.807) is 0 Å². The molecule has 0 bridgehead atoms. The quantitative estimate of drug-likeness (QED) is 0.790. The van der Waals surface area contributed by atoms with Gasteiger partial charge in [0.05, 0.1) is 10.8 Å². The van der Waals surface area contributed by atoms with Gasteiger partial charge in [-0.15, -0.1) is 0 Å². The van der Waals surface area contributed by atoms with Crippen molar-refractivity contribution >= 4 is 22.7 Å². The van der Waals surface area contributed by atoms with Crippen molar-refractivity contribution in [2.75, 3.05) is 5.75 Å². The summed E-state index contributed by atoms with van der Waals surface area (Å²) < 4.78 is 16.7. The van der Waals surface area contributed by atoms with Gasteiger partial charge in [-0.1, -0.05) is 13.8 Å². The highest BCUT2D eigenvalue weighted by Crippen LogP contribution is 2.12. The summed E-state index contributed by atoms with van der Waals surface area (Å²) in [5.74, 6) is -2.09. The van der Waals surface area contributed by atoms with Crippen molar-refractivity contribution in [2.45, 2.75) is 37.8 Å².